The van der Waals surface area contributed by atoms with Crippen molar-refractivity contribution in [2.75, 3.05) is 5.75 Å². The minimum atomic E-state index is 0.0922. The second-order valence-electron chi connectivity index (χ2n) is 3.84. The molecule has 2 aromatic rings. The average Bonchev–Trinajstić information content (AvgIpc) is 2.72. The summed E-state index contributed by atoms with van der Waals surface area (Å²) in [4.78, 5) is 16.0. The Balaban J connectivity index is 1.98. The fourth-order valence-corrected chi connectivity index (χ4v) is 2.17. The van der Waals surface area contributed by atoms with E-state index in [1.54, 1.807) is 6.26 Å². The highest BCUT2D eigenvalue weighted by Crippen LogP contribution is 2.18. The van der Waals surface area contributed by atoms with Crippen molar-refractivity contribution >= 4 is 17.5 Å². The Kier molecular flexibility index (Phi) is 3.64. The van der Waals surface area contributed by atoms with Crippen LogP contribution in [0.5, 0.6) is 0 Å². The first-order chi connectivity index (χ1) is 8.15. The van der Waals surface area contributed by atoms with Crippen LogP contribution in [-0.4, -0.2) is 16.5 Å². The van der Waals surface area contributed by atoms with E-state index in [9.17, 15) is 4.79 Å². The van der Waals surface area contributed by atoms with Crippen molar-refractivity contribution in [1.29, 1.82) is 0 Å². The number of benzene rings is 1. The first kappa shape index (κ1) is 11.9. The Morgan fingerprint density at radius 2 is 2.24 bits per heavy atom. The molecule has 0 radical (unpaired) electrons. The summed E-state index contributed by atoms with van der Waals surface area (Å²) in [6.45, 7) is 3.83. The van der Waals surface area contributed by atoms with E-state index >= 15 is 0 Å². The molecule has 0 fully saturated rings. The normalized spacial score (nSPS) is 10.5. The van der Waals surface area contributed by atoms with Gasteiger partial charge in [0.05, 0.1) is 11.4 Å². The average molecular weight is 247 g/mol. The smallest absolute Gasteiger partial charge is 0.256 e. The van der Waals surface area contributed by atoms with Crippen molar-refractivity contribution in [3.05, 3.63) is 47.3 Å². The van der Waals surface area contributed by atoms with E-state index in [-0.39, 0.29) is 5.78 Å². The van der Waals surface area contributed by atoms with E-state index in [1.807, 2.05) is 38.1 Å². The van der Waals surface area contributed by atoms with Crippen molar-refractivity contribution in [1.82, 2.24) is 4.98 Å². The maximum absolute atomic E-state index is 11.9. The molecule has 0 N–H and O–H groups in total. The number of carbonyl (C=O) groups is 1. The van der Waals surface area contributed by atoms with Gasteiger partial charge < -0.3 is 4.42 Å². The minimum absolute atomic E-state index is 0.0922. The first-order valence-electron chi connectivity index (χ1n) is 5.30. The molecule has 0 aliphatic heterocycles. The molecule has 3 nitrogen and oxygen atoms in total. The van der Waals surface area contributed by atoms with Crippen molar-refractivity contribution < 1.29 is 9.21 Å². The summed E-state index contributed by atoms with van der Waals surface area (Å²) in [6, 6.07) is 7.59. The number of aryl methyl sites for hydroxylation is 2. The SMILES string of the molecule is Cc1cccc(C(=O)CSc2nc(C)co2)c1. The molecule has 0 saturated heterocycles. The van der Waals surface area contributed by atoms with Crippen LogP contribution in [0.25, 0.3) is 0 Å². The van der Waals surface area contributed by atoms with Gasteiger partial charge in [-0.25, -0.2) is 4.98 Å². The number of hydrogen-bond acceptors (Lipinski definition) is 4. The number of rotatable bonds is 4. The Morgan fingerprint density at radius 1 is 1.41 bits per heavy atom. The van der Waals surface area contributed by atoms with Crippen LogP contribution in [0.4, 0.5) is 0 Å². The second-order valence-corrected chi connectivity index (χ2v) is 4.76. The highest BCUT2D eigenvalue weighted by atomic mass is 32.2. The van der Waals surface area contributed by atoms with Gasteiger partial charge in [0.25, 0.3) is 5.22 Å². The highest BCUT2D eigenvalue weighted by molar-refractivity contribution is 7.99. The Bertz CT molecular complexity index is 534. The summed E-state index contributed by atoms with van der Waals surface area (Å²) < 4.78 is 5.17. The molecule has 4 heteroatoms. The molecule has 0 amide bonds. The van der Waals surface area contributed by atoms with Crippen molar-refractivity contribution in [2.24, 2.45) is 0 Å². The van der Waals surface area contributed by atoms with Crippen molar-refractivity contribution in [3.8, 4) is 0 Å². The van der Waals surface area contributed by atoms with Crippen molar-refractivity contribution in [3.63, 3.8) is 0 Å². The number of nitrogens with zero attached hydrogens (tertiary/aromatic N) is 1. The number of carbonyl (C=O) groups excluding carboxylic acids is 1. The Labute approximate surface area is 104 Å². The molecular formula is C13H13NO2S. The summed E-state index contributed by atoms with van der Waals surface area (Å²) in [5.74, 6) is 0.443. The number of ketones is 1. The number of hydrogen-bond donors (Lipinski definition) is 0. The van der Waals surface area contributed by atoms with E-state index in [1.165, 1.54) is 11.8 Å². The van der Waals surface area contributed by atoms with Crippen LogP contribution in [0.1, 0.15) is 21.6 Å². The zero-order valence-electron chi connectivity index (χ0n) is 9.77. The van der Waals surface area contributed by atoms with Crippen molar-refractivity contribution in [2.45, 2.75) is 19.1 Å². The van der Waals surface area contributed by atoms with Gasteiger partial charge in [-0.3, -0.25) is 4.79 Å². The standard InChI is InChI=1S/C13H13NO2S/c1-9-4-3-5-11(6-9)12(15)8-17-13-14-10(2)7-16-13/h3-7H,8H2,1-2H3. The van der Waals surface area contributed by atoms with Gasteiger partial charge >= 0.3 is 0 Å². The van der Waals surface area contributed by atoms with E-state index in [0.717, 1.165) is 16.8 Å². The predicted octanol–water partition coefficient (Wildman–Crippen LogP) is 3.27. The third-order valence-electron chi connectivity index (χ3n) is 2.26. The molecule has 0 unspecified atom stereocenters. The number of aromatic nitrogens is 1. The van der Waals surface area contributed by atoms with E-state index in [4.69, 9.17) is 4.42 Å². The van der Waals surface area contributed by atoms with Gasteiger partial charge in [-0.05, 0) is 19.9 Å². The molecule has 1 heterocycles. The lowest BCUT2D eigenvalue weighted by Gasteiger charge is -2.00. The van der Waals surface area contributed by atoms with E-state index in [0.29, 0.717) is 11.0 Å². The Morgan fingerprint density at radius 3 is 2.88 bits per heavy atom. The van der Waals surface area contributed by atoms with Crippen LogP contribution in [0.15, 0.2) is 40.2 Å². The maximum Gasteiger partial charge on any atom is 0.256 e. The van der Waals surface area contributed by atoms with E-state index in [2.05, 4.69) is 4.98 Å². The molecule has 1 aromatic heterocycles. The maximum atomic E-state index is 11.9. The fourth-order valence-electron chi connectivity index (χ4n) is 1.43. The minimum Gasteiger partial charge on any atom is -0.440 e. The third-order valence-corrected chi connectivity index (χ3v) is 3.11. The number of thioether (sulfide) groups is 1. The van der Waals surface area contributed by atoms with Gasteiger partial charge in [-0.1, -0.05) is 35.5 Å². The molecule has 17 heavy (non-hydrogen) atoms. The zero-order valence-corrected chi connectivity index (χ0v) is 10.6. The lowest BCUT2D eigenvalue weighted by atomic mass is 10.1. The molecule has 0 saturated carbocycles. The van der Waals surface area contributed by atoms with Crippen LogP contribution in [0, 0.1) is 13.8 Å². The molecule has 0 atom stereocenters. The Hall–Kier alpha value is -1.55. The van der Waals surface area contributed by atoms with Crippen LogP contribution in [0.2, 0.25) is 0 Å². The monoisotopic (exact) mass is 247 g/mol. The molecule has 0 aliphatic carbocycles. The molecule has 0 spiro atoms. The molecule has 0 bridgehead atoms. The predicted molar refractivity (Wildman–Crippen MR) is 67.5 cm³/mol. The van der Waals surface area contributed by atoms with Gasteiger partial charge in [0.2, 0.25) is 0 Å². The van der Waals surface area contributed by atoms with Gasteiger partial charge in [0, 0.05) is 5.56 Å². The zero-order chi connectivity index (χ0) is 12.3. The summed E-state index contributed by atoms with van der Waals surface area (Å²) in [6.07, 6.45) is 1.58. The summed E-state index contributed by atoms with van der Waals surface area (Å²) in [5.41, 5.74) is 2.66. The largest absolute Gasteiger partial charge is 0.440 e. The number of oxazole rings is 1. The lowest BCUT2D eigenvalue weighted by molar-refractivity contribution is 0.102. The molecular weight excluding hydrogens is 234 g/mol. The summed E-state index contributed by atoms with van der Waals surface area (Å²) >= 11 is 1.32. The molecule has 0 aliphatic rings. The summed E-state index contributed by atoms with van der Waals surface area (Å²) in [5, 5.41) is 0.545. The van der Waals surface area contributed by atoms with E-state index < -0.39 is 0 Å². The fraction of sp³-hybridized carbons (Fsp3) is 0.231. The molecule has 1 aromatic carbocycles. The number of Topliss-reactive ketones (excluding diaryl/α,β-unsaturated/α-hetero) is 1. The van der Waals surface area contributed by atoms with Crippen LogP contribution in [-0.2, 0) is 0 Å². The van der Waals surface area contributed by atoms with Gasteiger partial charge in [0.1, 0.15) is 6.26 Å². The second kappa shape index (κ2) is 5.19. The quantitative estimate of drug-likeness (QED) is 0.614. The van der Waals surface area contributed by atoms with Crippen LogP contribution >= 0.6 is 11.8 Å². The topological polar surface area (TPSA) is 43.1 Å². The van der Waals surface area contributed by atoms with Crippen LogP contribution in [0.3, 0.4) is 0 Å². The van der Waals surface area contributed by atoms with Gasteiger partial charge in [-0.15, -0.1) is 0 Å². The molecule has 88 valence electrons. The lowest BCUT2D eigenvalue weighted by Crippen LogP contribution is -2.02. The highest BCUT2D eigenvalue weighted by Gasteiger charge is 2.09. The van der Waals surface area contributed by atoms with Gasteiger partial charge in [0.15, 0.2) is 5.78 Å². The summed E-state index contributed by atoms with van der Waals surface area (Å²) in [7, 11) is 0. The third kappa shape index (κ3) is 3.20. The first-order valence-corrected chi connectivity index (χ1v) is 6.28. The van der Waals surface area contributed by atoms with Crippen LogP contribution < -0.4 is 0 Å². The molecule has 2 rings (SSSR count). The van der Waals surface area contributed by atoms with Gasteiger partial charge in [-0.2, -0.15) is 0 Å².